The van der Waals surface area contributed by atoms with Crippen LogP contribution in [0.25, 0.3) is 0 Å². The van der Waals surface area contributed by atoms with E-state index in [1.54, 1.807) is 0 Å². The summed E-state index contributed by atoms with van der Waals surface area (Å²) < 4.78 is 0. The molecule has 2 nitrogen and oxygen atoms in total. The highest BCUT2D eigenvalue weighted by atomic mass is 16.3. The fourth-order valence-electron chi connectivity index (χ4n) is 8.74. The van der Waals surface area contributed by atoms with Crippen molar-refractivity contribution < 1.29 is 9.90 Å². The summed E-state index contributed by atoms with van der Waals surface area (Å²) in [6.07, 6.45) is 11.1. The molecule has 0 amide bonds. The third-order valence-electron chi connectivity index (χ3n) is 10.2. The molecule has 0 aliphatic heterocycles. The zero-order chi connectivity index (χ0) is 21.1. The number of hydrogen-bond acceptors (Lipinski definition) is 2. The normalized spacial score (nSPS) is 45.1. The van der Waals surface area contributed by atoms with Crippen molar-refractivity contribution in [3.8, 4) is 0 Å². The molecule has 3 fully saturated rings. The Morgan fingerprint density at radius 3 is 2.60 bits per heavy atom. The van der Waals surface area contributed by atoms with Crippen molar-refractivity contribution in [1.29, 1.82) is 0 Å². The number of rotatable bonds is 3. The molecule has 162 valence electrons. The van der Waals surface area contributed by atoms with Gasteiger partial charge in [-0.15, -0.1) is 0 Å². The van der Waals surface area contributed by atoms with Gasteiger partial charge in [-0.25, -0.2) is 0 Å². The minimum Gasteiger partial charge on any atom is -0.393 e. The first-order valence-corrected chi connectivity index (χ1v) is 12.3. The van der Waals surface area contributed by atoms with E-state index in [-0.39, 0.29) is 22.9 Å². The number of carbonyl (C=O) groups excluding carboxylic acids is 1. The maximum absolute atomic E-state index is 12.4. The molecule has 4 aliphatic rings. The molecule has 0 bridgehead atoms. The molecule has 5 rings (SSSR count). The summed E-state index contributed by atoms with van der Waals surface area (Å²) >= 11 is 0. The fourth-order valence-corrected chi connectivity index (χ4v) is 8.74. The maximum atomic E-state index is 12.4. The Morgan fingerprint density at radius 1 is 1.10 bits per heavy atom. The molecule has 0 aromatic heterocycles. The second-order valence-electron chi connectivity index (χ2n) is 11.4. The van der Waals surface area contributed by atoms with Gasteiger partial charge < -0.3 is 5.11 Å². The molecule has 1 N–H and O–H groups in total. The first-order chi connectivity index (χ1) is 14.3. The number of fused-ring (bicyclic) bond motifs is 5. The molecular formula is C28H38O2. The lowest BCUT2D eigenvalue weighted by atomic mass is 9.44. The molecule has 0 heterocycles. The van der Waals surface area contributed by atoms with Crippen molar-refractivity contribution in [2.24, 2.45) is 40.4 Å². The Bertz CT molecular complexity index is 841. The summed E-state index contributed by atoms with van der Waals surface area (Å²) in [4.78, 5) is 12.4. The Kier molecular flexibility index (Phi) is 5.01. The van der Waals surface area contributed by atoms with Gasteiger partial charge in [0.05, 0.1) is 6.10 Å². The van der Waals surface area contributed by atoms with Crippen molar-refractivity contribution in [2.45, 2.75) is 78.2 Å². The molecule has 0 radical (unpaired) electrons. The standard InChI is InChI=1S/C28H38O2/c1-18(29)24-11-12-25-23-10-9-20-16-22(30)17-21(15-19-7-5-4-6-8-19)28(20,3)26(23)13-14-27(24,25)2/h4-9,21-26,30H,10-17H2,1-3H3. The van der Waals surface area contributed by atoms with Crippen LogP contribution in [0, 0.1) is 40.4 Å². The van der Waals surface area contributed by atoms with E-state index in [9.17, 15) is 9.90 Å². The van der Waals surface area contributed by atoms with E-state index in [2.05, 4.69) is 50.3 Å². The zero-order valence-corrected chi connectivity index (χ0v) is 18.9. The molecule has 4 aliphatic carbocycles. The van der Waals surface area contributed by atoms with E-state index in [1.807, 2.05) is 6.92 Å². The van der Waals surface area contributed by atoms with E-state index in [1.165, 1.54) is 30.4 Å². The summed E-state index contributed by atoms with van der Waals surface area (Å²) in [5.74, 6) is 3.27. The van der Waals surface area contributed by atoms with Gasteiger partial charge in [0.25, 0.3) is 0 Å². The highest BCUT2D eigenvalue weighted by molar-refractivity contribution is 5.79. The van der Waals surface area contributed by atoms with Crippen LogP contribution >= 0.6 is 0 Å². The number of benzene rings is 1. The minimum atomic E-state index is -0.197. The van der Waals surface area contributed by atoms with Gasteiger partial charge >= 0.3 is 0 Å². The number of allylic oxidation sites excluding steroid dienone is 1. The average molecular weight is 407 g/mol. The van der Waals surface area contributed by atoms with Gasteiger partial charge in [-0.1, -0.05) is 55.8 Å². The van der Waals surface area contributed by atoms with Crippen LogP contribution in [0.4, 0.5) is 0 Å². The first-order valence-electron chi connectivity index (χ1n) is 12.3. The molecule has 8 atom stereocenters. The largest absolute Gasteiger partial charge is 0.393 e. The van der Waals surface area contributed by atoms with E-state index in [0.717, 1.165) is 32.1 Å². The van der Waals surface area contributed by atoms with Crippen LogP contribution in [0.2, 0.25) is 0 Å². The Labute approximate surface area is 182 Å². The summed E-state index contributed by atoms with van der Waals surface area (Å²) in [7, 11) is 0. The van der Waals surface area contributed by atoms with Crippen LogP contribution < -0.4 is 0 Å². The first kappa shape index (κ1) is 20.5. The monoisotopic (exact) mass is 406 g/mol. The zero-order valence-electron chi connectivity index (χ0n) is 18.9. The lowest BCUT2D eigenvalue weighted by molar-refractivity contribution is -0.128. The number of carbonyl (C=O) groups is 1. The number of Topliss-reactive ketones (excluding diaryl/α,β-unsaturated/α-hetero) is 1. The summed E-state index contributed by atoms with van der Waals surface area (Å²) in [6.45, 7) is 6.79. The van der Waals surface area contributed by atoms with Crippen LogP contribution in [-0.2, 0) is 11.2 Å². The molecule has 3 saturated carbocycles. The molecule has 30 heavy (non-hydrogen) atoms. The lowest BCUT2D eigenvalue weighted by Gasteiger charge is -2.60. The minimum absolute atomic E-state index is 0.188. The van der Waals surface area contributed by atoms with E-state index in [0.29, 0.717) is 29.5 Å². The second-order valence-corrected chi connectivity index (χ2v) is 11.4. The molecule has 8 unspecified atom stereocenters. The summed E-state index contributed by atoms with van der Waals surface area (Å²) in [5.41, 5.74) is 3.33. The fraction of sp³-hybridized carbons (Fsp3) is 0.679. The number of aliphatic hydroxyl groups excluding tert-OH is 1. The van der Waals surface area contributed by atoms with E-state index < -0.39 is 0 Å². The highest BCUT2D eigenvalue weighted by Crippen LogP contribution is 2.67. The van der Waals surface area contributed by atoms with E-state index >= 15 is 0 Å². The molecule has 1 aromatic carbocycles. The van der Waals surface area contributed by atoms with Gasteiger partial charge in [0.2, 0.25) is 0 Å². The summed E-state index contributed by atoms with van der Waals surface area (Å²) in [5, 5.41) is 10.7. The van der Waals surface area contributed by atoms with Gasteiger partial charge in [-0.3, -0.25) is 4.79 Å². The van der Waals surface area contributed by atoms with Crippen LogP contribution in [0.5, 0.6) is 0 Å². The van der Waals surface area contributed by atoms with Crippen LogP contribution in [0.15, 0.2) is 42.0 Å². The van der Waals surface area contributed by atoms with Crippen molar-refractivity contribution in [3.63, 3.8) is 0 Å². The van der Waals surface area contributed by atoms with Gasteiger partial charge in [-0.05, 0) is 98.4 Å². The van der Waals surface area contributed by atoms with Crippen molar-refractivity contribution in [3.05, 3.63) is 47.5 Å². The lowest BCUT2D eigenvalue weighted by Crippen LogP contribution is -2.54. The van der Waals surface area contributed by atoms with Crippen LogP contribution in [-0.4, -0.2) is 17.0 Å². The Morgan fingerprint density at radius 2 is 1.87 bits per heavy atom. The Balaban J connectivity index is 1.49. The number of ketones is 1. The van der Waals surface area contributed by atoms with E-state index in [4.69, 9.17) is 0 Å². The molecule has 0 saturated heterocycles. The average Bonchev–Trinajstić information content (AvgIpc) is 3.07. The van der Waals surface area contributed by atoms with Gasteiger partial charge in [0.15, 0.2) is 0 Å². The quantitative estimate of drug-likeness (QED) is 0.627. The number of hydrogen-bond donors (Lipinski definition) is 1. The van der Waals surface area contributed by atoms with Crippen molar-refractivity contribution in [2.75, 3.05) is 0 Å². The summed E-state index contributed by atoms with van der Waals surface area (Å²) in [6, 6.07) is 10.9. The van der Waals surface area contributed by atoms with Gasteiger partial charge in [0, 0.05) is 5.92 Å². The predicted octanol–water partition coefficient (Wildman–Crippen LogP) is 5.98. The third kappa shape index (κ3) is 2.97. The Hall–Kier alpha value is -1.41. The predicted molar refractivity (Wildman–Crippen MR) is 121 cm³/mol. The van der Waals surface area contributed by atoms with Crippen molar-refractivity contribution in [1.82, 2.24) is 0 Å². The topological polar surface area (TPSA) is 37.3 Å². The SMILES string of the molecule is CC(=O)C1CCC2C3CC=C4CC(O)CC(Cc5ccccc5)C4(C)C3CCC12C. The van der Waals surface area contributed by atoms with Gasteiger partial charge in [0.1, 0.15) is 5.78 Å². The highest BCUT2D eigenvalue weighted by Gasteiger charge is 2.61. The van der Waals surface area contributed by atoms with Crippen molar-refractivity contribution >= 4 is 5.78 Å². The van der Waals surface area contributed by atoms with Gasteiger partial charge in [-0.2, -0.15) is 0 Å². The molecule has 0 spiro atoms. The van der Waals surface area contributed by atoms with Crippen LogP contribution in [0.1, 0.15) is 71.3 Å². The molecular weight excluding hydrogens is 368 g/mol. The second kappa shape index (κ2) is 7.33. The third-order valence-corrected chi connectivity index (χ3v) is 10.2. The smallest absolute Gasteiger partial charge is 0.133 e. The number of aliphatic hydroxyl groups is 1. The van der Waals surface area contributed by atoms with Crippen LogP contribution in [0.3, 0.4) is 0 Å². The maximum Gasteiger partial charge on any atom is 0.133 e. The molecule has 2 heteroatoms. The molecule has 1 aromatic rings.